The van der Waals surface area contributed by atoms with Gasteiger partial charge in [0.25, 0.3) is 0 Å². The molecule has 1 aromatic rings. The minimum Gasteiger partial charge on any atom is -0.318 e. The molecule has 15 heavy (non-hydrogen) atoms. The minimum absolute atomic E-state index is 0.584. The predicted molar refractivity (Wildman–Crippen MR) is 56.9 cm³/mol. The van der Waals surface area contributed by atoms with Crippen LogP contribution in [0, 0.1) is 13.8 Å². The molecule has 0 bridgehead atoms. The molecule has 80 valence electrons. The average Bonchev–Trinajstić information content (AvgIpc) is 2.14. The summed E-state index contributed by atoms with van der Waals surface area (Å²) < 4.78 is 0. The summed E-state index contributed by atoms with van der Waals surface area (Å²) >= 11 is 0. The first-order chi connectivity index (χ1) is 7.02. The Labute approximate surface area is 87.6 Å². The molecule has 0 aliphatic rings. The highest BCUT2D eigenvalue weighted by molar-refractivity contribution is 6.39. The number of amides is 2. The monoisotopic (exact) mass is 207 g/mol. The van der Waals surface area contributed by atoms with Gasteiger partial charge < -0.3 is 5.32 Å². The average molecular weight is 207 g/mol. The number of nitrogens with one attached hydrogen (secondary N) is 2. The lowest BCUT2D eigenvalue weighted by atomic mass is 10.1. The topological polar surface area (TPSA) is 84.2 Å². The normalized spacial score (nSPS) is 9.53. The van der Waals surface area contributed by atoms with Crippen molar-refractivity contribution in [1.29, 1.82) is 0 Å². The predicted octanol–water partition coefficient (Wildman–Crippen LogP) is 0.232. The van der Waals surface area contributed by atoms with Gasteiger partial charge in [0.1, 0.15) is 0 Å². The molecule has 0 unspecified atom stereocenters. The molecule has 0 fully saturated rings. The van der Waals surface area contributed by atoms with Gasteiger partial charge in [-0.15, -0.1) is 0 Å². The van der Waals surface area contributed by atoms with Crippen molar-refractivity contribution in [3.8, 4) is 0 Å². The van der Waals surface area contributed by atoms with Crippen molar-refractivity contribution in [3.05, 3.63) is 29.3 Å². The van der Waals surface area contributed by atoms with Crippen LogP contribution in [-0.4, -0.2) is 11.8 Å². The van der Waals surface area contributed by atoms with Crippen molar-refractivity contribution in [3.63, 3.8) is 0 Å². The molecular weight excluding hydrogens is 194 g/mol. The van der Waals surface area contributed by atoms with Gasteiger partial charge in [-0.2, -0.15) is 0 Å². The zero-order chi connectivity index (χ0) is 11.4. The summed E-state index contributed by atoms with van der Waals surface area (Å²) in [5.74, 6) is 3.18. The lowest BCUT2D eigenvalue weighted by Crippen LogP contribution is -2.39. The van der Waals surface area contributed by atoms with Crippen LogP contribution < -0.4 is 16.6 Å². The van der Waals surface area contributed by atoms with Crippen LogP contribution in [0.15, 0.2) is 18.2 Å². The highest BCUT2D eigenvalue weighted by Gasteiger charge is 2.11. The fourth-order valence-corrected chi connectivity index (χ4v) is 1.30. The van der Waals surface area contributed by atoms with E-state index in [2.05, 4.69) is 5.32 Å². The lowest BCUT2D eigenvalue weighted by molar-refractivity contribution is -0.136. The van der Waals surface area contributed by atoms with Crippen LogP contribution in [0.2, 0.25) is 0 Å². The van der Waals surface area contributed by atoms with Gasteiger partial charge in [-0.1, -0.05) is 6.07 Å². The maximum absolute atomic E-state index is 11.2. The zero-order valence-corrected chi connectivity index (χ0v) is 8.63. The van der Waals surface area contributed by atoms with Gasteiger partial charge in [0, 0.05) is 5.69 Å². The number of hydrogen-bond acceptors (Lipinski definition) is 3. The van der Waals surface area contributed by atoms with E-state index in [0.717, 1.165) is 11.1 Å². The van der Waals surface area contributed by atoms with E-state index in [0.29, 0.717) is 5.69 Å². The van der Waals surface area contributed by atoms with Gasteiger partial charge in [0.2, 0.25) is 0 Å². The first kappa shape index (κ1) is 11.2. The maximum atomic E-state index is 11.2. The second kappa shape index (κ2) is 4.56. The largest absolute Gasteiger partial charge is 0.323 e. The fraction of sp³-hybridized carbons (Fsp3) is 0.200. The van der Waals surface area contributed by atoms with Crippen LogP contribution in [0.25, 0.3) is 0 Å². The van der Waals surface area contributed by atoms with Crippen LogP contribution in [-0.2, 0) is 9.59 Å². The van der Waals surface area contributed by atoms with Crippen molar-refractivity contribution in [2.45, 2.75) is 13.8 Å². The molecule has 0 spiro atoms. The molecule has 5 nitrogen and oxygen atoms in total. The number of nitrogens with two attached hydrogens (primary N) is 1. The fourth-order valence-electron chi connectivity index (χ4n) is 1.30. The summed E-state index contributed by atoms with van der Waals surface area (Å²) in [5.41, 5.74) is 4.37. The van der Waals surface area contributed by atoms with Crippen LogP contribution >= 0.6 is 0 Å². The molecule has 0 saturated heterocycles. The molecule has 0 aliphatic carbocycles. The highest BCUT2D eigenvalue weighted by atomic mass is 16.2. The van der Waals surface area contributed by atoms with Crippen molar-refractivity contribution < 1.29 is 9.59 Å². The van der Waals surface area contributed by atoms with Crippen LogP contribution in [0.5, 0.6) is 0 Å². The zero-order valence-electron chi connectivity index (χ0n) is 8.63. The molecule has 0 aromatic heterocycles. The number of carbonyl (C=O) groups is 2. The Bertz CT molecular complexity index is 381. The molecule has 0 aliphatic heterocycles. The first-order valence-corrected chi connectivity index (χ1v) is 4.43. The van der Waals surface area contributed by atoms with Crippen LogP contribution in [0.1, 0.15) is 11.1 Å². The number of hydrogen-bond donors (Lipinski definition) is 3. The molecule has 0 atom stereocenters. The maximum Gasteiger partial charge on any atom is 0.323 e. The smallest absolute Gasteiger partial charge is 0.318 e. The van der Waals surface area contributed by atoms with E-state index in [-0.39, 0.29) is 0 Å². The molecule has 1 rings (SSSR count). The van der Waals surface area contributed by atoms with Crippen molar-refractivity contribution in [2.75, 3.05) is 5.32 Å². The van der Waals surface area contributed by atoms with Crippen molar-refractivity contribution >= 4 is 17.5 Å². The number of benzene rings is 1. The van der Waals surface area contributed by atoms with E-state index in [9.17, 15) is 9.59 Å². The third-order valence-corrected chi connectivity index (χ3v) is 1.82. The van der Waals surface area contributed by atoms with E-state index in [4.69, 9.17) is 5.84 Å². The SMILES string of the molecule is Cc1cc(C)cc(NC(=O)C(=O)NN)c1. The summed E-state index contributed by atoms with van der Waals surface area (Å²) in [5, 5.41) is 2.44. The van der Waals surface area contributed by atoms with Crippen molar-refractivity contribution in [2.24, 2.45) is 5.84 Å². The Morgan fingerprint density at radius 2 is 1.60 bits per heavy atom. The molecule has 4 N–H and O–H groups in total. The summed E-state index contributed by atoms with van der Waals surface area (Å²) in [7, 11) is 0. The Hall–Kier alpha value is -1.88. The van der Waals surface area contributed by atoms with Gasteiger partial charge in [-0.05, 0) is 37.1 Å². The molecule has 2 amide bonds. The second-order valence-corrected chi connectivity index (χ2v) is 3.30. The van der Waals surface area contributed by atoms with Gasteiger partial charge in [-0.25, -0.2) is 5.84 Å². The third-order valence-electron chi connectivity index (χ3n) is 1.82. The van der Waals surface area contributed by atoms with E-state index in [1.165, 1.54) is 0 Å². The van der Waals surface area contributed by atoms with Gasteiger partial charge in [-0.3, -0.25) is 15.0 Å². The molecule has 0 heterocycles. The number of anilines is 1. The minimum atomic E-state index is -0.867. The van der Waals surface area contributed by atoms with E-state index >= 15 is 0 Å². The quantitative estimate of drug-likeness (QED) is 0.267. The van der Waals surface area contributed by atoms with Gasteiger partial charge in [0.15, 0.2) is 0 Å². The number of carbonyl (C=O) groups excluding carboxylic acids is 2. The number of aryl methyl sites for hydroxylation is 2. The van der Waals surface area contributed by atoms with Crippen LogP contribution in [0.3, 0.4) is 0 Å². The van der Waals surface area contributed by atoms with Crippen molar-refractivity contribution in [1.82, 2.24) is 5.43 Å². The number of hydrazine groups is 1. The second-order valence-electron chi connectivity index (χ2n) is 3.30. The standard InChI is InChI=1S/C10H13N3O2/c1-6-3-7(2)5-8(4-6)12-9(14)10(15)13-11/h3-5H,11H2,1-2H3,(H,12,14)(H,13,15). The summed E-state index contributed by atoms with van der Waals surface area (Å²) in [6.45, 7) is 3.82. The molecule has 0 saturated carbocycles. The Morgan fingerprint density at radius 3 is 2.07 bits per heavy atom. The highest BCUT2D eigenvalue weighted by Crippen LogP contribution is 2.13. The van der Waals surface area contributed by atoms with E-state index in [1.54, 1.807) is 17.6 Å². The Kier molecular flexibility index (Phi) is 3.41. The number of rotatable bonds is 1. The van der Waals surface area contributed by atoms with E-state index in [1.807, 2.05) is 19.9 Å². The summed E-state index contributed by atoms with van der Waals surface area (Å²) in [4.78, 5) is 22.0. The lowest BCUT2D eigenvalue weighted by Gasteiger charge is -2.06. The third kappa shape index (κ3) is 3.07. The molecule has 5 heteroatoms. The Morgan fingerprint density at radius 1 is 1.07 bits per heavy atom. The first-order valence-electron chi connectivity index (χ1n) is 4.43. The molecule has 1 aromatic carbocycles. The van der Waals surface area contributed by atoms with Gasteiger partial charge >= 0.3 is 11.8 Å². The van der Waals surface area contributed by atoms with Crippen LogP contribution in [0.4, 0.5) is 5.69 Å². The molecule has 0 radical (unpaired) electrons. The molecular formula is C10H13N3O2. The van der Waals surface area contributed by atoms with E-state index < -0.39 is 11.8 Å². The van der Waals surface area contributed by atoms with Gasteiger partial charge in [0.05, 0.1) is 0 Å². The Balaban J connectivity index is 2.81. The summed E-state index contributed by atoms with van der Waals surface area (Å²) in [6, 6.07) is 5.52. The summed E-state index contributed by atoms with van der Waals surface area (Å²) in [6.07, 6.45) is 0.